The second-order valence-corrected chi connectivity index (χ2v) is 7.90. The lowest BCUT2D eigenvalue weighted by molar-refractivity contribution is -0.139. The first kappa shape index (κ1) is 22.4. The molecule has 0 aromatic heterocycles. The Bertz CT molecular complexity index is 1070. The van der Waals surface area contributed by atoms with Gasteiger partial charge in [0.25, 0.3) is 5.91 Å². The molecule has 1 saturated heterocycles. The zero-order chi connectivity index (χ0) is 23.6. The molecule has 4 amide bonds. The van der Waals surface area contributed by atoms with Gasteiger partial charge >= 0.3 is 6.03 Å². The summed E-state index contributed by atoms with van der Waals surface area (Å²) in [6.07, 6.45) is 0.350. The van der Waals surface area contributed by atoms with E-state index in [9.17, 15) is 14.4 Å². The molecule has 0 saturated carbocycles. The molecule has 0 aliphatic carbocycles. The number of likely N-dealkylation sites (N-methyl/N-ethyl adjacent to an activating group) is 1. The summed E-state index contributed by atoms with van der Waals surface area (Å²) >= 11 is 0. The number of carbonyl (C=O) groups excluding carboxylic acids is 3. The molecule has 1 fully saturated rings. The molecule has 2 heterocycles. The maximum atomic E-state index is 13.4. The van der Waals surface area contributed by atoms with Crippen molar-refractivity contribution in [2.45, 2.75) is 32.4 Å². The molecule has 33 heavy (non-hydrogen) atoms. The number of carbonyl (C=O) groups is 3. The Morgan fingerprint density at radius 3 is 2.52 bits per heavy atom. The SMILES string of the molecule is CCN(Cc1ccc2c(c1)OCO2)C(=O)CN1C(=O)N[C@@](CC)(c2ccc(OC)cc2)C1=O. The molecular weight excluding hydrogens is 426 g/mol. The van der Waals surface area contributed by atoms with Gasteiger partial charge in [0.2, 0.25) is 12.7 Å². The van der Waals surface area contributed by atoms with Gasteiger partial charge in [-0.15, -0.1) is 0 Å². The first-order valence-electron chi connectivity index (χ1n) is 10.9. The first-order valence-corrected chi connectivity index (χ1v) is 10.9. The molecule has 0 spiro atoms. The number of hydrogen-bond acceptors (Lipinski definition) is 6. The van der Waals surface area contributed by atoms with Crippen molar-refractivity contribution < 1.29 is 28.6 Å². The first-order chi connectivity index (χ1) is 15.9. The third-order valence-corrected chi connectivity index (χ3v) is 6.13. The molecule has 9 nitrogen and oxygen atoms in total. The van der Waals surface area contributed by atoms with E-state index in [-0.39, 0.29) is 19.2 Å². The zero-order valence-electron chi connectivity index (χ0n) is 18.9. The van der Waals surface area contributed by atoms with E-state index in [0.29, 0.717) is 42.3 Å². The summed E-state index contributed by atoms with van der Waals surface area (Å²) in [5, 5.41) is 2.81. The minimum absolute atomic E-state index is 0.175. The van der Waals surface area contributed by atoms with E-state index in [0.717, 1.165) is 10.5 Å². The van der Waals surface area contributed by atoms with Crippen LogP contribution < -0.4 is 19.5 Å². The van der Waals surface area contributed by atoms with Crippen molar-refractivity contribution in [3.05, 3.63) is 53.6 Å². The van der Waals surface area contributed by atoms with Gasteiger partial charge in [-0.1, -0.05) is 25.1 Å². The molecule has 0 bridgehead atoms. The molecule has 1 N–H and O–H groups in total. The van der Waals surface area contributed by atoms with Crippen molar-refractivity contribution in [1.82, 2.24) is 15.1 Å². The molecule has 174 valence electrons. The van der Waals surface area contributed by atoms with E-state index in [1.807, 2.05) is 26.0 Å². The molecule has 0 unspecified atom stereocenters. The Labute approximate surface area is 192 Å². The highest BCUT2D eigenvalue weighted by atomic mass is 16.7. The van der Waals surface area contributed by atoms with E-state index in [1.54, 1.807) is 42.3 Å². The van der Waals surface area contributed by atoms with Crippen molar-refractivity contribution >= 4 is 17.8 Å². The molecule has 9 heteroatoms. The fourth-order valence-electron chi connectivity index (χ4n) is 4.16. The van der Waals surface area contributed by atoms with Crippen LogP contribution in [-0.4, -0.2) is 54.6 Å². The average Bonchev–Trinajstić information content (AvgIpc) is 3.40. The number of amides is 4. The van der Waals surface area contributed by atoms with Crippen LogP contribution in [0.4, 0.5) is 4.79 Å². The van der Waals surface area contributed by atoms with Crippen LogP contribution in [0.3, 0.4) is 0 Å². The third-order valence-electron chi connectivity index (χ3n) is 6.13. The van der Waals surface area contributed by atoms with Gasteiger partial charge < -0.3 is 24.4 Å². The lowest BCUT2D eigenvalue weighted by Crippen LogP contribution is -2.45. The van der Waals surface area contributed by atoms with Crippen LogP contribution in [0, 0.1) is 0 Å². The molecule has 4 rings (SSSR count). The Hall–Kier alpha value is -3.75. The largest absolute Gasteiger partial charge is 0.497 e. The lowest BCUT2D eigenvalue weighted by Gasteiger charge is -2.27. The normalized spacial score (nSPS) is 18.9. The summed E-state index contributed by atoms with van der Waals surface area (Å²) in [4.78, 5) is 41.8. The minimum Gasteiger partial charge on any atom is -0.497 e. The summed E-state index contributed by atoms with van der Waals surface area (Å²) in [5.74, 6) is 1.20. The van der Waals surface area contributed by atoms with Gasteiger partial charge in [-0.25, -0.2) is 4.79 Å². The number of fused-ring (bicyclic) bond motifs is 1. The number of imide groups is 1. The number of hydrogen-bond donors (Lipinski definition) is 1. The molecular formula is C24H27N3O6. The van der Waals surface area contributed by atoms with E-state index in [4.69, 9.17) is 14.2 Å². The van der Waals surface area contributed by atoms with Crippen molar-refractivity contribution in [2.24, 2.45) is 0 Å². The molecule has 2 aliphatic heterocycles. The Balaban J connectivity index is 1.49. The number of methoxy groups -OCH3 is 1. The van der Waals surface area contributed by atoms with Crippen LogP contribution in [0.2, 0.25) is 0 Å². The van der Waals surface area contributed by atoms with Crippen LogP contribution in [0.1, 0.15) is 31.4 Å². The number of urea groups is 1. The number of nitrogens with zero attached hydrogens (tertiary/aromatic N) is 2. The average molecular weight is 453 g/mol. The second-order valence-electron chi connectivity index (χ2n) is 7.90. The number of rotatable bonds is 8. The predicted molar refractivity (Wildman–Crippen MR) is 119 cm³/mol. The van der Waals surface area contributed by atoms with E-state index >= 15 is 0 Å². The number of benzene rings is 2. The van der Waals surface area contributed by atoms with Crippen LogP contribution >= 0.6 is 0 Å². The quantitative estimate of drug-likeness (QED) is 0.617. The smallest absolute Gasteiger partial charge is 0.325 e. The Morgan fingerprint density at radius 1 is 1.12 bits per heavy atom. The van der Waals surface area contributed by atoms with Crippen molar-refractivity contribution in [3.8, 4) is 17.2 Å². The summed E-state index contributed by atoms with van der Waals surface area (Å²) in [5.41, 5.74) is 0.303. The van der Waals surface area contributed by atoms with E-state index in [1.165, 1.54) is 0 Å². The summed E-state index contributed by atoms with van der Waals surface area (Å²) in [6.45, 7) is 4.27. The van der Waals surface area contributed by atoms with Gasteiger partial charge in [0.15, 0.2) is 11.5 Å². The van der Waals surface area contributed by atoms with Gasteiger partial charge in [0.05, 0.1) is 7.11 Å². The van der Waals surface area contributed by atoms with E-state index < -0.39 is 17.5 Å². The van der Waals surface area contributed by atoms with Crippen molar-refractivity contribution in [3.63, 3.8) is 0 Å². The maximum absolute atomic E-state index is 13.4. The molecule has 2 aromatic rings. The summed E-state index contributed by atoms with van der Waals surface area (Å²) in [7, 11) is 1.56. The summed E-state index contributed by atoms with van der Waals surface area (Å²) in [6, 6.07) is 11.9. The monoisotopic (exact) mass is 453 g/mol. The van der Waals surface area contributed by atoms with Crippen LogP contribution in [0.25, 0.3) is 0 Å². The van der Waals surface area contributed by atoms with Gasteiger partial charge in [-0.3, -0.25) is 14.5 Å². The molecule has 0 radical (unpaired) electrons. The lowest BCUT2D eigenvalue weighted by atomic mass is 9.87. The fourth-order valence-corrected chi connectivity index (χ4v) is 4.16. The molecule has 2 aliphatic rings. The minimum atomic E-state index is -1.21. The standard InChI is InChI=1S/C24H27N3O6/c1-4-24(17-7-9-18(31-3)10-8-17)22(29)27(23(30)25-24)14-21(28)26(5-2)13-16-6-11-19-20(12-16)33-15-32-19/h6-12H,4-5,13-15H2,1-3H3,(H,25,30)/t24-/m0/s1. The third kappa shape index (κ3) is 4.06. The number of nitrogens with one attached hydrogen (secondary N) is 1. The highest BCUT2D eigenvalue weighted by molar-refractivity contribution is 6.09. The van der Waals surface area contributed by atoms with Crippen LogP contribution in [0.5, 0.6) is 17.2 Å². The van der Waals surface area contributed by atoms with Crippen LogP contribution in [0.15, 0.2) is 42.5 Å². The van der Waals surface area contributed by atoms with Crippen LogP contribution in [-0.2, 0) is 21.7 Å². The highest BCUT2D eigenvalue weighted by Crippen LogP contribution is 2.34. The van der Waals surface area contributed by atoms with Gasteiger partial charge in [0.1, 0.15) is 17.8 Å². The Morgan fingerprint density at radius 2 is 1.85 bits per heavy atom. The number of ether oxygens (including phenoxy) is 3. The van der Waals surface area contributed by atoms with E-state index in [2.05, 4.69) is 5.32 Å². The highest BCUT2D eigenvalue weighted by Gasteiger charge is 2.51. The fraction of sp³-hybridized carbons (Fsp3) is 0.375. The van der Waals surface area contributed by atoms with Gasteiger partial charge in [-0.05, 0) is 48.7 Å². The maximum Gasteiger partial charge on any atom is 0.325 e. The molecule has 1 atom stereocenters. The van der Waals surface area contributed by atoms with Crippen molar-refractivity contribution in [2.75, 3.05) is 27.0 Å². The Kier molecular flexibility index (Phi) is 6.13. The van der Waals surface area contributed by atoms with Gasteiger partial charge in [0, 0.05) is 13.1 Å². The van der Waals surface area contributed by atoms with Crippen molar-refractivity contribution in [1.29, 1.82) is 0 Å². The van der Waals surface area contributed by atoms with Gasteiger partial charge in [-0.2, -0.15) is 0 Å². The second kappa shape index (κ2) is 9.01. The zero-order valence-corrected chi connectivity index (χ0v) is 18.9. The summed E-state index contributed by atoms with van der Waals surface area (Å²) < 4.78 is 15.9. The predicted octanol–water partition coefficient (Wildman–Crippen LogP) is 2.63. The molecule has 2 aromatic carbocycles. The topological polar surface area (TPSA) is 97.4 Å².